The van der Waals surface area contributed by atoms with Crippen molar-refractivity contribution in [2.24, 2.45) is 0 Å². The molecule has 0 heterocycles. The zero-order valence-electron chi connectivity index (χ0n) is 11.3. The molecule has 0 fully saturated rings. The van der Waals surface area contributed by atoms with E-state index in [9.17, 15) is 8.42 Å². The monoisotopic (exact) mass is 280 g/mol. The van der Waals surface area contributed by atoms with Crippen LogP contribution >= 0.6 is 0 Å². The van der Waals surface area contributed by atoms with Crippen LogP contribution in [0.5, 0.6) is 0 Å². The number of benzene rings is 1. The zero-order valence-corrected chi connectivity index (χ0v) is 12.1. The second kappa shape index (κ2) is 7.29. The van der Waals surface area contributed by atoms with Gasteiger partial charge in [-0.2, -0.15) is 0 Å². The topological polar surface area (TPSA) is 58.2 Å². The summed E-state index contributed by atoms with van der Waals surface area (Å²) < 4.78 is 26.2. The van der Waals surface area contributed by atoms with Crippen molar-refractivity contribution in [2.45, 2.75) is 37.8 Å². The molecule has 19 heavy (non-hydrogen) atoms. The SMILES string of the molecule is C#CCCNS(=O)(=O)c1ccc(CNC(C)C)cc1. The highest BCUT2D eigenvalue weighted by molar-refractivity contribution is 7.89. The third kappa shape index (κ3) is 5.43. The van der Waals surface area contributed by atoms with Crippen LogP contribution in [-0.4, -0.2) is 21.0 Å². The maximum Gasteiger partial charge on any atom is 0.240 e. The number of hydrogen-bond acceptors (Lipinski definition) is 3. The highest BCUT2D eigenvalue weighted by atomic mass is 32.2. The maximum atomic E-state index is 11.9. The van der Waals surface area contributed by atoms with Crippen molar-refractivity contribution in [3.8, 4) is 12.3 Å². The number of hydrogen-bond donors (Lipinski definition) is 2. The molecule has 0 bridgehead atoms. The average molecular weight is 280 g/mol. The van der Waals surface area contributed by atoms with Gasteiger partial charge in [-0.1, -0.05) is 26.0 Å². The highest BCUT2D eigenvalue weighted by Crippen LogP contribution is 2.10. The Morgan fingerprint density at radius 3 is 2.42 bits per heavy atom. The summed E-state index contributed by atoms with van der Waals surface area (Å²) in [5.74, 6) is 2.39. The molecule has 0 saturated carbocycles. The van der Waals surface area contributed by atoms with Gasteiger partial charge < -0.3 is 5.32 Å². The van der Waals surface area contributed by atoms with E-state index in [-0.39, 0.29) is 11.4 Å². The molecule has 0 unspecified atom stereocenters. The Kier molecular flexibility index (Phi) is 6.03. The first kappa shape index (κ1) is 15.7. The van der Waals surface area contributed by atoms with E-state index in [1.54, 1.807) is 12.1 Å². The van der Waals surface area contributed by atoms with Gasteiger partial charge in [0.2, 0.25) is 10.0 Å². The molecule has 1 rings (SSSR count). The van der Waals surface area contributed by atoms with E-state index in [2.05, 4.69) is 29.8 Å². The van der Waals surface area contributed by atoms with Crippen molar-refractivity contribution >= 4 is 10.0 Å². The van der Waals surface area contributed by atoms with E-state index in [0.717, 1.165) is 12.1 Å². The lowest BCUT2D eigenvalue weighted by Crippen LogP contribution is -2.25. The van der Waals surface area contributed by atoms with Gasteiger partial charge in [-0.25, -0.2) is 13.1 Å². The normalized spacial score (nSPS) is 11.5. The number of nitrogens with one attached hydrogen (secondary N) is 2. The Morgan fingerprint density at radius 2 is 1.89 bits per heavy atom. The van der Waals surface area contributed by atoms with Gasteiger partial charge in [0.25, 0.3) is 0 Å². The summed E-state index contributed by atoms with van der Waals surface area (Å²) >= 11 is 0. The van der Waals surface area contributed by atoms with E-state index < -0.39 is 10.0 Å². The van der Waals surface area contributed by atoms with Gasteiger partial charge in [0, 0.05) is 25.6 Å². The van der Waals surface area contributed by atoms with E-state index in [0.29, 0.717) is 12.5 Å². The Bertz CT molecular complexity index is 528. The molecule has 0 aliphatic carbocycles. The second-order valence-corrected chi connectivity index (χ2v) is 6.30. The summed E-state index contributed by atoms with van der Waals surface area (Å²) in [4.78, 5) is 0.262. The van der Waals surface area contributed by atoms with Crippen LogP contribution in [0, 0.1) is 12.3 Å². The third-order valence-corrected chi connectivity index (χ3v) is 3.99. The third-order valence-electron chi connectivity index (χ3n) is 2.51. The van der Waals surface area contributed by atoms with Gasteiger partial charge in [0.15, 0.2) is 0 Å². The fraction of sp³-hybridized carbons (Fsp3) is 0.429. The van der Waals surface area contributed by atoms with Crippen LogP contribution in [0.15, 0.2) is 29.2 Å². The average Bonchev–Trinajstić information content (AvgIpc) is 2.37. The zero-order chi connectivity index (χ0) is 14.3. The fourth-order valence-corrected chi connectivity index (χ4v) is 2.48. The quantitative estimate of drug-likeness (QED) is 0.587. The highest BCUT2D eigenvalue weighted by Gasteiger charge is 2.12. The van der Waals surface area contributed by atoms with Crippen molar-refractivity contribution in [2.75, 3.05) is 6.54 Å². The fourth-order valence-electron chi connectivity index (χ4n) is 1.45. The van der Waals surface area contributed by atoms with Crippen LogP contribution in [0.2, 0.25) is 0 Å². The van der Waals surface area contributed by atoms with Gasteiger partial charge in [0.1, 0.15) is 0 Å². The van der Waals surface area contributed by atoms with Crippen LogP contribution in [0.1, 0.15) is 25.8 Å². The Morgan fingerprint density at radius 1 is 1.26 bits per heavy atom. The molecule has 0 aliphatic heterocycles. The van der Waals surface area contributed by atoms with Gasteiger partial charge in [-0.05, 0) is 17.7 Å². The molecule has 1 aromatic rings. The van der Waals surface area contributed by atoms with Gasteiger partial charge in [-0.15, -0.1) is 12.3 Å². The molecule has 1 aromatic carbocycles. The molecular formula is C14H20N2O2S. The van der Waals surface area contributed by atoms with Crippen LogP contribution in [-0.2, 0) is 16.6 Å². The predicted octanol–water partition coefficient (Wildman–Crippen LogP) is 1.49. The molecule has 0 amide bonds. The molecule has 2 N–H and O–H groups in total. The van der Waals surface area contributed by atoms with Crippen molar-refractivity contribution in [3.63, 3.8) is 0 Å². The first-order chi connectivity index (χ1) is 8.95. The molecule has 5 heteroatoms. The molecule has 0 saturated heterocycles. The van der Waals surface area contributed by atoms with E-state index in [4.69, 9.17) is 6.42 Å². The molecule has 0 aliphatic rings. The summed E-state index contributed by atoms with van der Waals surface area (Å²) in [6.07, 6.45) is 5.47. The van der Waals surface area contributed by atoms with Crippen molar-refractivity contribution < 1.29 is 8.42 Å². The number of terminal acetylenes is 1. The van der Waals surface area contributed by atoms with E-state index in [1.807, 2.05) is 12.1 Å². The van der Waals surface area contributed by atoms with E-state index in [1.165, 1.54) is 0 Å². The predicted molar refractivity (Wildman–Crippen MR) is 77.1 cm³/mol. The molecule has 0 aromatic heterocycles. The molecule has 0 spiro atoms. The molecule has 104 valence electrons. The lowest BCUT2D eigenvalue weighted by molar-refractivity contribution is 0.581. The van der Waals surface area contributed by atoms with Crippen LogP contribution in [0.25, 0.3) is 0 Å². The Labute approximate surface area is 115 Å². The summed E-state index contributed by atoms with van der Waals surface area (Å²) in [5.41, 5.74) is 1.05. The van der Waals surface area contributed by atoms with Gasteiger partial charge >= 0.3 is 0 Å². The van der Waals surface area contributed by atoms with E-state index >= 15 is 0 Å². The van der Waals surface area contributed by atoms with Crippen LogP contribution in [0.4, 0.5) is 0 Å². The molecule has 4 nitrogen and oxygen atoms in total. The van der Waals surface area contributed by atoms with Crippen molar-refractivity contribution in [3.05, 3.63) is 29.8 Å². The first-order valence-electron chi connectivity index (χ1n) is 6.21. The molecule has 0 radical (unpaired) electrons. The number of sulfonamides is 1. The summed E-state index contributed by atoms with van der Waals surface area (Å²) in [7, 11) is -3.45. The van der Waals surface area contributed by atoms with Crippen LogP contribution in [0.3, 0.4) is 0 Å². The standard InChI is InChI=1S/C14H20N2O2S/c1-4-5-10-16-19(17,18)14-8-6-13(7-9-14)11-15-12(2)3/h1,6-9,12,15-16H,5,10-11H2,2-3H3. The first-order valence-corrected chi connectivity index (χ1v) is 7.69. The lowest BCUT2D eigenvalue weighted by atomic mass is 10.2. The largest absolute Gasteiger partial charge is 0.310 e. The summed E-state index contributed by atoms with van der Waals surface area (Å²) in [6.45, 7) is 5.11. The lowest BCUT2D eigenvalue weighted by Gasteiger charge is -2.09. The summed E-state index contributed by atoms with van der Waals surface area (Å²) in [5, 5.41) is 3.27. The minimum atomic E-state index is -3.45. The molecule has 0 atom stereocenters. The number of rotatable bonds is 7. The van der Waals surface area contributed by atoms with Gasteiger partial charge in [0.05, 0.1) is 4.90 Å². The van der Waals surface area contributed by atoms with Crippen molar-refractivity contribution in [1.82, 2.24) is 10.0 Å². The minimum Gasteiger partial charge on any atom is -0.310 e. The van der Waals surface area contributed by atoms with Crippen molar-refractivity contribution in [1.29, 1.82) is 0 Å². The maximum absolute atomic E-state index is 11.9. The Balaban J connectivity index is 2.67. The summed E-state index contributed by atoms with van der Waals surface area (Å²) in [6, 6.07) is 7.23. The molecular weight excluding hydrogens is 260 g/mol. The minimum absolute atomic E-state index is 0.259. The smallest absolute Gasteiger partial charge is 0.240 e. The van der Waals surface area contributed by atoms with Gasteiger partial charge in [-0.3, -0.25) is 0 Å². The second-order valence-electron chi connectivity index (χ2n) is 4.53. The Hall–Kier alpha value is -1.35. The van der Waals surface area contributed by atoms with Crippen LogP contribution < -0.4 is 10.0 Å².